The summed E-state index contributed by atoms with van der Waals surface area (Å²) in [6, 6.07) is 15.0. The van der Waals surface area contributed by atoms with Crippen molar-refractivity contribution in [1.29, 1.82) is 0 Å². The molecule has 1 amide bonds. The van der Waals surface area contributed by atoms with E-state index in [0.29, 0.717) is 23.1 Å². The van der Waals surface area contributed by atoms with Crippen LogP contribution in [0, 0.1) is 12.8 Å². The molecule has 3 aromatic rings. The Morgan fingerprint density at radius 3 is 2.34 bits per heavy atom. The second kappa shape index (κ2) is 10.6. The third kappa shape index (κ3) is 4.77. The minimum Gasteiger partial charge on any atom is -0.335 e. The van der Waals surface area contributed by atoms with Crippen LogP contribution < -0.4 is 5.56 Å². The molecule has 1 aromatic heterocycles. The van der Waals surface area contributed by atoms with Gasteiger partial charge in [0.05, 0.1) is 22.6 Å². The van der Waals surface area contributed by atoms with E-state index >= 15 is 0 Å². The Labute approximate surface area is 191 Å². The molecule has 0 N–H and O–H groups in total. The normalized spacial score (nSPS) is 13.2. The number of fused-ring (bicyclic) bond motifs is 1. The van der Waals surface area contributed by atoms with Crippen molar-refractivity contribution in [3.8, 4) is 5.69 Å². The molecule has 3 rings (SSSR count). The molecule has 0 radical (unpaired) electrons. The van der Waals surface area contributed by atoms with Crippen molar-refractivity contribution in [2.24, 2.45) is 5.92 Å². The molecule has 5 nitrogen and oxygen atoms in total. The molecule has 1 heterocycles. The number of carbonyl (C=O) groups is 1. The maximum Gasteiger partial charge on any atom is 0.266 e. The molecule has 0 saturated heterocycles. The number of aryl methyl sites for hydroxylation is 1. The SMILES string of the molecule is CCCCC(CC)C(=O)N(C)C(CC)c1nc2ccccc2c(=O)n1-c1ccc(C)cc1. The first kappa shape index (κ1) is 23.7. The second-order valence-electron chi connectivity index (χ2n) is 8.58. The van der Waals surface area contributed by atoms with Crippen molar-refractivity contribution in [2.75, 3.05) is 7.05 Å². The number of benzene rings is 2. The van der Waals surface area contributed by atoms with Gasteiger partial charge in [0.15, 0.2) is 0 Å². The third-order valence-electron chi connectivity index (χ3n) is 6.34. The molecule has 2 atom stereocenters. The summed E-state index contributed by atoms with van der Waals surface area (Å²) in [6.45, 7) is 8.29. The van der Waals surface area contributed by atoms with Crippen LogP contribution in [0.3, 0.4) is 0 Å². The number of para-hydroxylation sites is 1. The van der Waals surface area contributed by atoms with E-state index in [9.17, 15) is 9.59 Å². The summed E-state index contributed by atoms with van der Waals surface area (Å²) in [7, 11) is 1.85. The van der Waals surface area contributed by atoms with Crippen molar-refractivity contribution in [1.82, 2.24) is 14.5 Å². The van der Waals surface area contributed by atoms with Gasteiger partial charge in [-0.3, -0.25) is 14.2 Å². The number of rotatable bonds is 9. The third-order valence-corrected chi connectivity index (χ3v) is 6.34. The summed E-state index contributed by atoms with van der Waals surface area (Å²) in [5.74, 6) is 0.737. The summed E-state index contributed by atoms with van der Waals surface area (Å²) in [6.07, 6.45) is 4.49. The van der Waals surface area contributed by atoms with Crippen LogP contribution in [0.2, 0.25) is 0 Å². The molecule has 170 valence electrons. The topological polar surface area (TPSA) is 55.2 Å². The van der Waals surface area contributed by atoms with Crippen LogP contribution in [0.25, 0.3) is 16.6 Å². The van der Waals surface area contributed by atoms with Gasteiger partial charge in [-0.15, -0.1) is 0 Å². The number of nitrogens with zero attached hydrogens (tertiary/aromatic N) is 3. The van der Waals surface area contributed by atoms with Crippen molar-refractivity contribution >= 4 is 16.8 Å². The van der Waals surface area contributed by atoms with E-state index in [4.69, 9.17) is 4.98 Å². The Hall–Kier alpha value is -2.95. The highest BCUT2D eigenvalue weighted by atomic mass is 16.2. The van der Waals surface area contributed by atoms with E-state index in [1.807, 2.05) is 74.3 Å². The van der Waals surface area contributed by atoms with E-state index in [1.54, 1.807) is 4.57 Å². The van der Waals surface area contributed by atoms with Crippen LogP contribution in [0.5, 0.6) is 0 Å². The number of hydrogen-bond donors (Lipinski definition) is 0. The van der Waals surface area contributed by atoms with E-state index < -0.39 is 0 Å². The predicted molar refractivity (Wildman–Crippen MR) is 131 cm³/mol. The highest BCUT2D eigenvalue weighted by Gasteiger charge is 2.29. The molecule has 0 saturated carbocycles. The Bertz CT molecular complexity index is 1120. The molecule has 0 aliphatic rings. The van der Waals surface area contributed by atoms with Gasteiger partial charge in [-0.1, -0.05) is 63.4 Å². The lowest BCUT2D eigenvalue weighted by Crippen LogP contribution is -2.39. The maximum atomic E-state index is 13.6. The van der Waals surface area contributed by atoms with Crippen molar-refractivity contribution < 1.29 is 4.79 Å². The lowest BCUT2D eigenvalue weighted by Gasteiger charge is -2.31. The van der Waals surface area contributed by atoms with Crippen LogP contribution in [0.15, 0.2) is 53.3 Å². The molecule has 0 bridgehead atoms. The lowest BCUT2D eigenvalue weighted by atomic mass is 9.96. The smallest absolute Gasteiger partial charge is 0.266 e. The van der Waals surface area contributed by atoms with Crippen molar-refractivity contribution in [2.45, 2.75) is 65.8 Å². The highest BCUT2D eigenvalue weighted by molar-refractivity contribution is 5.80. The van der Waals surface area contributed by atoms with Gasteiger partial charge in [-0.05, 0) is 50.5 Å². The highest BCUT2D eigenvalue weighted by Crippen LogP contribution is 2.28. The molecule has 0 fully saturated rings. The average molecular weight is 434 g/mol. The first-order valence-corrected chi connectivity index (χ1v) is 11.8. The largest absolute Gasteiger partial charge is 0.335 e. The number of unbranched alkanes of at least 4 members (excludes halogenated alkanes) is 1. The fourth-order valence-corrected chi connectivity index (χ4v) is 4.34. The molecule has 0 aliphatic carbocycles. The van der Waals surface area contributed by atoms with Gasteiger partial charge in [0.1, 0.15) is 5.82 Å². The Balaban J connectivity index is 2.16. The van der Waals surface area contributed by atoms with Crippen LogP contribution in [0.1, 0.15) is 70.3 Å². The van der Waals surface area contributed by atoms with Gasteiger partial charge in [-0.25, -0.2) is 4.98 Å². The van der Waals surface area contributed by atoms with Gasteiger partial charge >= 0.3 is 0 Å². The first-order chi connectivity index (χ1) is 15.4. The molecular weight excluding hydrogens is 398 g/mol. The number of aromatic nitrogens is 2. The Morgan fingerprint density at radius 1 is 1.03 bits per heavy atom. The molecule has 2 aromatic carbocycles. The van der Waals surface area contributed by atoms with E-state index in [1.165, 1.54) is 0 Å². The fourth-order valence-electron chi connectivity index (χ4n) is 4.34. The molecule has 2 unspecified atom stereocenters. The van der Waals surface area contributed by atoms with E-state index in [0.717, 1.165) is 36.9 Å². The van der Waals surface area contributed by atoms with E-state index in [2.05, 4.69) is 13.8 Å². The molecule has 5 heteroatoms. The zero-order valence-corrected chi connectivity index (χ0v) is 20.0. The number of amides is 1. The first-order valence-electron chi connectivity index (χ1n) is 11.8. The summed E-state index contributed by atoms with van der Waals surface area (Å²) in [5, 5.41) is 0.579. The van der Waals surface area contributed by atoms with E-state index in [-0.39, 0.29) is 23.4 Å². The van der Waals surface area contributed by atoms with Gasteiger partial charge < -0.3 is 4.90 Å². The van der Waals surface area contributed by atoms with Gasteiger partial charge in [0.2, 0.25) is 5.91 Å². The van der Waals surface area contributed by atoms with Crippen LogP contribution in [-0.4, -0.2) is 27.4 Å². The second-order valence-corrected chi connectivity index (χ2v) is 8.58. The quantitative estimate of drug-likeness (QED) is 0.427. The van der Waals surface area contributed by atoms with Crippen LogP contribution in [-0.2, 0) is 4.79 Å². The minimum absolute atomic E-state index is 0.00555. The molecule has 0 spiro atoms. The molecule has 32 heavy (non-hydrogen) atoms. The zero-order valence-electron chi connectivity index (χ0n) is 20.0. The number of carbonyl (C=O) groups excluding carboxylic acids is 1. The van der Waals surface area contributed by atoms with Crippen LogP contribution in [0.4, 0.5) is 0 Å². The van der Waals surface area contributed by atoms with Gasteiger partial charge in [0, 0.05) is 13.0 Å². The summed E-state index contributed by atoms with van der Waals surface area (Å²) in [5.41, 5.74) is 2.45. The monoisotopic (exact) mass is 433 g/mol. The summed E-state index contributed by atoms with van der Waals surface area (Å²) in [4.78, 5) is 33.7. The van der Waals surface area contributed by atoms with Gasteiger partial charge in [-0.2, -0.15) is 0 Å². The average Bonchev–Trinajstić information content (AvgIpc) is 2.81. The summed E-state index contributed by atoms with van der Waals surface area (Å²) >= 11 is 0. The molecular formula is C27H35N3O2. The minimum atomic E-state index is -0.295. The predicted octanol–water partition coefficient (Wildman–Crippen LogP) is 5.82. The van der Waals surface area contributed by atoms with Crippen LogP contribution >= 0.6 is 0 Å². The zero-order chi connectivity index (χ0) is 23.3. The lowest BCUT2D eigenvalue weighted by molar-refractivity contribution is -0.137. The standard InChI is InChI=1S/C27H35N3O2/c1-6-9-12-20(7-2)26(31)29(5)24(8-3)25-28-23-14-11-10-13-22(23)27(32)30(25)21-17-15-19(4)16-18-21/h10-11,13-18,20,24H,6-9,12H2,1-5H3. The number of hydrogen-bond acceptors (Lipinski definition) is 3. The van der Waals surface area contributed by atoms with Gasteiger partial charge in [0.25, 0.3) is 5.56 Å². The summed E-state index contributed by atoms with van der Waals surface area (Å²) < 4.78 is 1.69. The van der Waals surface area contributed by atoms with Crippen molar-refractivity contribution in [3.05, 3.63) is 70.3 Å². The molecule has 0 aliphatic heterocycles. The Kier molecular flexibility index (Phi) is 7.84. The fraction of sp³-hybridized carbons (Fsp3) is 0.444. The Morgan fingerprint density at radius 2 is 1.72 bits per heavy atom. The van der Waals surface area contributed by atoms with Crippen molar-refractivity contribution in [3.63, 3.8) is 0 Å². The maximum absolute atomic E-state index is 13.6.